The third-order valence-corrected chi connectivity index (χ3v) is 31.7. The predicted molar refractivity (Wildman–Crippen MR) is 544 cm³/mol. The average molecular weight is 2070 g/mol. The van der Waals surface area contributed by atoms with Gasteiger partial charge in [-0.2, -0.15) is 0 Å². The minimum Gasteiger partial charge on any atom is -0.508 e. The van der Waals surface area contributed by atoms with Crippen LogP contribution >= 0.6 is 45.0 Å². The summed E-state index contributed by atoms with van der Waals surface area (Å²) in [4.78, 5) is 221. The van der Waals surface area contributed by atoms with Crippen LogP contribution in [0.3, 0.4) is 0 Å². The molecule has 11 rings (SSSR count). The number of methoxy groups -OCH3 is 2. The molecule has 4 saturated heterocycles. The lowest BCUT2D eigenvalue weighted by molar-refractivity contribution is -0.162. The lowest BCUT2D eigenvalue weighted by Gasteiger charge is -2.42. The number of hydrogen-bond donors (Lipinski definition) is 14. The van der Waals surface area contributed by atoms with Crippen LogP contribution in [0.5, 0.6) is 11.5 Å². The number of halogens is 1. The number of hydrogen-bond acceptors (Lipinski definition) is 28. The number of epoxide rings is 1. The number of phenolic OH excluding ortho intramolecular Hbond substituents is 1. The van der Waals surface area contributed by atoms with Crippen molar-refractivity contribution >= 4 is 145 Å². The number of anilines is 1. The fourth-order valence-corrected chi connectivity index (χ4v) is 22.7. The van der Waals surface area contributed by atoms with Gasteiger partial charge in [0.15, 0.2) is 17.3 Å². The maximum atomic E-state index is 15.5. The molecule has 4 aromatic carbocycles. The molecule has 1 unspecified atom stereocenters. The minimum atomic E-state index is -1.94. The second-order valence-corrected chi connectivity index (χ2v) is 42.8. The number of phenols is 1. The molecule has 37 nitrogen and oxygen atoms in total. The highest BCUT2D eigenvalue weighted by molar-refractivity contribution is 8.76. The van der Waals surface area contributed by atoms with E-state index in [9.17, 15) is 73.2 Å². The summed E-state index contributed by atoms with van der Waals surface area (Å²) in [5.74, 6) is -11.9. The largest absolute Gasteiger partial charge is 0.508 e. The van der Waals surface area contributed by atoms with Gasteiger partial charge in [0, 0.05) is 108 Å². The molecular formula is C103H138ClN13O24S3. The van der Waals surface area contributed by atoms with E-state index < -0.39 is 215 Å². The van der Waals surface area contributed by atoms with E-state index in [1.807, 2.05) is 43.3 Å². The number of unbranched alkanes of at least 4 members (excludes halogenated alkanes) is 4. The molecule has 13 amide bonds. The number of aliphatic hydroxyl groups is 3. The number of carbonyl (C=O) groups excluding carboxylic acids is 15. The highest BCUT2D eigenvalue weighted by atomic mass is 35.5. The second-order valence-electron chi connectivity index (χ2n) is 38.5. The zero-order chi connectivity index (χ0) is 104. The normalized spacial score (nSPS) is 26.6. The third kappa shape index (κ3) is 31.1. The SMILES string of the molecule is COc1cc2cc(c1Cl)N(C)C(=O)C[C@H](OC(=O)[C@H](C)N(C)C(=O)CCSC1CC(=O)N(CCCCCCC(=O)[C@@H](NC(=O)[C@@H]3CSSC[C@H](NC(=O)[C@@H](Cc4ccccc4)NC(=O)NC4CCCCC4)C(=O)C[C@@H](Cc4ccc(O)cc4)C(=O)N[C@H](CC4=CCc5ccccc54)C(=O)N[C@@H](CCCCN)C(=O)N[C@@H]([C@@H](C)O)C(=O)N3)[C@@H](C)O)C1=O)[C@]1(C)O[C@H]1[C@H](C)[C@@H]1C[C@@](O)(NC(=O)O1)[C@H](OC)/C=C/C=C(\C)C2. The van der Waals surface area contributed by atoms with Crippen molar-refractivity contribution in [2.45, 2.75) is 297 Å². The Morgan fingerprint density at radius 2 is 1.47 bits per heavy atom. The fraction of sp³-hybridized carbons (Fsp3) is 0.563. The average Bonchev–Trinajstić information content (AvgIpc) is 1.56. The molecule has 4 bridgehead atoms. The van der Waals surface area contributed by atoms with E-state index in [4.69, 9.17) is 41.0 Å². The van der Waals surface area contributed by atoms with Gasteiger partial charge >= 0.3 is 18.1 Å². The number of nitrogens with zero attached hydrogens (tertiary/aromatic N) is 3. The molecule has 5 fully saturated rings. The zero-order valence-electron chi connectivity index (χ0n) is 83.1. The summed E-state index contributed by atoms with van der Waals surface area (Å²) in [5.41, 5.74) is 8.10. The van der Waals surface area contributed by atoms with Crippen LogP contribution in [0.2, 0.25) is 5.02 Å². The number of amides is 13. The lowest BCUT2D eigenvalue weighted by Crippen LogP contribution is -2.63. The number of alkyl carbamates (subject to hydrolysis) is 1. The van der Waals surface area contributed by atoms with Gasteiger partial charge in [-0.25, -0.2) is 14.4 Å². The molecule has 7 aliphatic rings. The van der Waals surface area contributed by atoms with E-state index in [2.05, 4.69) is 47.9 Å². The molecule has 1 saturated carbocycles. The summed E-state index contributed by atoms with van der Waals surface area (Å²) in [6.07, 6.45) is 3.85. The van der Waals surface area contributed by atoms with Gasteiger partial charge in [-0.15, -0.1) is 11.8 Å². The van der Waals surface area contributed by atoms with E-state index in [0.717, 1.165) is 92.6 Å². The Bertz CT molecular complexity index is 5340. The number of benzene rings is 4. The number of allylic oxidation sites excluding steroid dienone is 4. The molecule has 41 heteroatoms. The molecule has 0 spiro atoms. The maximum absolute atomic E-state index is 15.5. The number of esters is 1. The first-order chi connectivity index (χ1) is 68.7. The second kappa shape index (κ2) is 53.4. The molecule has 5 heterocycles. The molecule has 784 valence electrons. The van der Waals surface area contributed by atoms with E-state index in [0.29, 0.717) is 60.9 Å². The molecule has 2 aliphatic carbocycles. The maximum Gasteiger partial charge on any atom is 0.409 e. The number of likely N-dealkylation sites (tertiary alicyclic amines) is 1. The monoisotopic (exact) mass is 2070 g/mol. The number of carbonyl (C=O) groups is 15. The van der Waals surface area contributed by atoms with Crippen molar-refractivity contribution in [2.75, 3.05) is 63.6 Å². The molecule has 19 atom stereocenters. The van der Waals surface area contributed by atoms with Crippen LogP contribution in [0.15, 0.2) is 121 Å². The Balaban J connectivity index is 0.734. The van der Waals surface area contributed by atoms with Crippen molar-refractivity contribution in [3.05, 3.63) is 154 Å². The molecular weight excluding hydrogens is 1930 g/mol. The van der Waals surface area contributed by atoms with Crippen LogP contribution in [-0.4, -0.2) is 285 Å². The zero-order valence-corrected chi connectivity index (χ0v) is 86.3. The Labute approximate surface area is 856 Å². The number of thioether (sulfide) groups is 1. The number of aromatic hydroxyl groups is 1. The van der Waals surface area contributed by atoms with Crippen LogP contribution in [0.1, 0.15) is 191 Å². The molecule has 0 radical (unpaired) electrons. The van der Waals surface area contributed by atoms with Gasteiger partial charge in [0.25, 0.3) is 0 Å². The minimum absolute atomic E-state index is 0.0232. The van der Waals surface area contributed by atoms with Gasteiger partial charge in [0.2, 0.25) is 59.1 Å². The fourth-order valence-electron chi connectivity index (χ4n) is 18.9. The number of nitrogens with two attached hydrogens (primary N) is 1. The summed E-state index contributed by atoms with van der Waals surface area (Å²) in [5, 5.41) is 69.2. The number of ether oxygens (including phenoxy) is 5. The van der Waals surface area contributed by atoms with Crippen LogP contribution in [0, 0.1) is 11.8 Å². The number of ketones is 2. The number of nitrogens with one attached hydrogen (secondary N) is 9. The molecule has 0 aromatic heterocycles. The summed E-state index contributed by atoms with van der Waals surface area (Å²) in [6.45, 7) is 9.42. The van der Waals surface area contributed by atoms with Crippen molar-refractivity contribution in [2.24, 2.45) is 17.6 Å². The number of fused-ring (bicyclic) bond motifs is 6. The molecule has 4 aromatic rings. The smallest absolute Gasteiger partial charge is 0.409 e. The number of aliphatic hydroxyl groups excluding tert-OH is 2. The summed E-state index contributed by atoms with van der Waals surface area (Å²) >= 11 is 7.99. The number of Topliss-reactive ketones (excluding diaryl/α,β-unsaturated/α-hetero) is 2. The number of imide groups is 1. The predicted octanol–water partition coefficient (Wildman–Crippen LogP) is 7.28. The van der Waals surface area contributed by atoms with Gasteiger partial charge in [-0.1, -0.05) is 169 Å². The van der Waals surface area contributed by atoms with Crippen LogP contribution in [0.4, 0.5) is 15.3 Å². The van der Waals surface area contributed by atoms with E-state index >= 15 is 19.2 Å². The van der Waals surface area contributed by atoms with E-state index in [1.54, 1.807) is 80.6 Å². The van der Waals surface area contributed by atoms with Crippen molar-refractivity contribution in [3.63, 3.8) is 0 Å². The Morgan fingerprint density at radius 3 is 2.18 bits per heavy atom. The van der Waals surface area contributed by atoms with Gasteiger partial charge in [-0.3, -0.25) is 67.8 Å². The topological polar surface area (TPSA) is 530 Å². The highest BCUT2D eigenvalue weighted by Gasteiger charge is 2.65. The highest BCUT2D eigenvalue weighted by Crippen LogP contribution is 2.50. The molecule has 5 aliphatic heterocycles. The number of likely N-dealkylation sites (N-methyl/N-ethyl adjacent to an activating group) is 1. The van der Waals surface area contributed by atoms with E-state index in [1.165, 1.54) is 71.0 Å². The summed E-state index contributed by atoms with van der Waals surface area (Å²) < 4.78 is 29.7. The van der Waals surface area contributed by atoms with Crippen molar-refractivity contribution < 1.29 is 116 Å². The van der Waals surface area contributed by atoms with Gasteiger partial charge in [0.1, 0.15) is 82.7 Å². The van der Waals surface area contributed by atoms with Crippen LogP contribution < -0.4 is 63.2 Å². The summed E-state index contributed by atoms with van der Waals surface area (Å²) in [7, 11) is 7.65. The first kappa shape index (κ1) is 113. The van der Waals surface area contributed by atoms with Crippen LogP contribution in [-0.2, 0) is 107 Å². The van der Waals surface area contributed by atoms with Crippen molar-refractivity contribution in [3.8, 4) is 11.5 Å². The van der Waals surface area contributed by atoms with Crippen molar-refractivity contribution in [1.82, 2.24) is 57.7 Å². The number of urea groups is 1. The van der Waals surface area contributed by atoms with Crippen molar-refractivity contribution in [1.29, 1.82) is 0 Å². The van der Waals surface area contributed by atoms with Crippen LogP contribution in [0.25, 0.3) is 5.57 Å². The third-order valence-electron chi connectivity index (χ3n) is 27.6. The standard InChI is InChI=1S/C103H138ClN13O24S3/c1-58-26-25-35-83(138-10)103(136)55-81(139-101(135)114-103)59(2)91-102(6,141-91)84(54-86(124)116(8)77-49-65(46-58)50-80(137-9)88(77)104)140-99(133)60(3)115(7)85(123)42-45-142-82-53-87(125)117(98(82)132)44-24-12-11-19-34-78(121)89(61(4)118)112-96(130)76-57-144-143-56-75(109-94(128)73(48-63-27-15-13-16-28-63)111-100(134)106-69-30-17-14-18-31-69)79(122)52-68(47-64-36-40-70(120)41-37-64)92(126)108-74(51-67-39-38-66-29-20-21-32-71(66)67)95(129)107-72(33-22-23-43-105)93(127)113-90(62(5)119)97(131)110-76/h13,15-16,20-21,25-29,32,35-37,39-41,49-50,59-62,68-69,72-76,81-84,89-91,118-120,136H,11-12,14,17-19,22-24,30-31,33-34,38,42-48,51-57,105H2,1-10H3,(H,107,129)(H,108,126)(H,109,128)(H,110,131)(H,112,130)(H,113,127)(H,114,135)(H2,106,111,134)/b35-25+,58-26+/t59-,60+,61-,62-,68-,72+,73-,74-,75+,76+,81+,82?,83-,84+,89+,90+,91+,102+,103+/m1/s1. The van der Waals surface area contributed by atoms with Gasteiger partial charge in [0.05, 0.1) is 48.8 Å². The van der Waals surface area contributed by atoms with E-state index in [-0.39, 0.29) is 117 Å². The molecule has 15 N–H and O–H groups in total. The Morgan fingerprint density at radius 1 is 0.771 bits per heavy atom. The Hall–Kier alpha value is -10.9. The first-order valence-corrected chi connectivity index (χ1v) is 53.3. The lowest BCUT2D eigenvalue weighted by atomic mass is 9.83. The first-order valence-electron chi connectivity index (χ1n) is 49.4. The Kier molecular flexibility index (Phi) is 42.1. The molecule has 144 heavy (non-hydrogen) atoms. The van der Waals surface area contributed by atoms with Gasteiger partial charge < -0.3 is 102 Å². The number of rotatable bonds is 35. The quantitative estimate of drug-likeness (QED) is 0.00707. The van der Waals surface area contributed by atoms with Gasteiger partial charge in [-0.05, 0) is 163 Å². The summed E-state index contributed by atoms with van der Waals surface area (Å²) in [6, 6.07) is 13.1.